The molecule has 1 fully saturated rings. The average molecular weight is 171 g/mol. The summed E-state index contributed by atoms with van der Waals surface area (Å²) in [6, 6.07) is 0. The Balaban J connectivity index is 0.000000561. The largest absolute Gasteiger partial charge is 0.296 e. The van der Waals surface area contributed by atoms with Crippen LogP contribution in [0.1, 0.15) is 40.0 Å². The smallest absolute Gasteiger partial charge is 0.226 e. The Bertz CT molecular complexity index is 150. The summed E-state index contributed by atoms with van der Waals surface area (Å²) in [4.78, 5) is 21.4. The van der Waals surface area contributed by atoms with Crippen molar-refractivity contribution in [3.8, 4) is 0 Å². The van der Waals surface area contributed by atoms with Gasteiger partial charge in [0.25, 0.3) is 0 Å². The monoisotopic (exact) mass is 171 g/mol. The topological polar surface area (TPSA) is 46.2 Å². The Morgan fingerprint density at radius 1 is 1.25 bits per heavy atom. The molecular weight excluding hydrogens is 154 g/mol. The minimum atomic E-state index is -0.122. The number of hydrogen-bond donors (Lipinski definition) is 1. The first-order valence-corrected chi connectivity index (χ1v) is 4.55. The van der Waals surface area contributed by atoms with Gasteiger partial charge in [-0.05, 0) is 5.92 Å². The van der Waals surface area contributed by atoms with Gasteiger partial charge in [-0.15, -0.1) is 0 Å². The molecule has 2 amide bonds. The van der Waals surface area contributed by atoms with Crippen LogP contribution in [0.15, 0.2) is 0 Å². The summed E-state index contributed by atoms with van der Waals surface area (Å²) in [5.41, 5.74) is 0. The first-order chi connectivity index (χ1) is 5.72. The van der Waals surface area contributed by atoms with Gasteiger partial charge in [0.1, 0.15) is 0 Å². The molecule has 0 aliphatic carbocycles. The van der Waals surface area contributed by atoms with Gasteiger partial charge in [-0.2, -0.15) is 0 Å². The molecule has 0 aromatic heterocycles. The zero-order valence-corrected chi connectivity index (χ0v) is 8.02. The van der Waals surface area contributed by atoms with Gasteiger partial charge >= 0.3 is 0 Å². The number of imide groups is 1. The fraction of sp³-hybridized carbons (Fsp3) is 0.778. The van der Waals surface area contributed by atoms with Crippen LogP contribution < -0.4 is 5.32 Å². The molecule has 0 atom stereocenters. The molecule has 0 aromatic rings. The maximum absolute atomic E-state index is 10.7. The fourth-order valence-electron chi connectivity index (χ4n) is 1.14. The van der Waals surface area contributed by atoms with Gasteiger partial charge in [0.2, 0.25) is 11.8 Å². The molecule has 3 heteroatoms. The molecule has 0 bridgehead atoms. The highest BCUT2D eigenvalue weighted by Gasteiger charge is 2.22. The van der Waals surface area contributed by atoms with Crippen LogP contribution in [0.2, 0.25) is 0 Å². The van der Waals surface area contributed by atoms with Crippen molar-refractivity contribution in [1.29, 1.82) is 0 Å². The summed E-state index contributed by atoms with van der Waals surface area (Å²) in [7, 11) is 0. The molecule has 0 unspecified atom stereocenters. The van der Waals surface area contributed by atoms with Crippen molar-refractivity contribution in [3.05, 3.63) is 0 Å². The molecule has 0 spiro atoms. The lowest BCUT2D eigenvalue weighted by molar-refractivity contribution is -0.134. The summed E-state index contributed by atoms with van der Waals surface area (Å²) in [6.45, 7) is 6.00. The molecule has 3 nitrogen and oxygen atoms in total. The molecule has 1 heterocycles. The lowest BCUT2D eigenvalue weighted by atomic mass is 9.95. The number of carbonyl (C=O) groups excluding carboxylic acids is 2. The number of rotatable bonds is 1. The van der Waals surface area contributed by atoms with Crippen molar-refractivity contribution in [2.45, 2.75) is 40.0 Å². The fourth-order valence-corrected chi connectivity index (χ4v) is 1.14. The zero-order chi connectivity index (χ0) is 9.56. The minimum Gasteiger partial charge on any atom is -0.296 e. The highest BCUT2D eigenvalue weighted by atomic mass is 16.2. The Hall–Kier alpha value is -0.860. The van der Waals surface area contributed by atoms with Crippen molar-refractivity contribution < 1.29 is 9.59 Å². The van der Waals surface area contributed by atoms with Crippen LogP contribution in [-0.2, 0) is 9.59 Å². The molecule has 1 aliphatic rings. The van der Waals surface area contributed by atoms with Crippen LogP contribution in [-0.4, -0.2) is 11.8 Å². The van der Waals surface area contributed by atoms with E-state index in [-0.39, 0.29) is 17.7 Å². The molecule has 1 rings (SSSR count). The van der Waals surface area contributed by atoms with Crippen LogP contribution in [0.25, 0.3) is 0 Å². The van der Waals surface area contributed by atoms with Crippen molar-refractivity contribution >= 4 is 11.8 Å². The number of hydrogen-bond acceptors (Lipinski definition) is 2. The number of amides is 2. The highest BCUT2D eigenvalue weighted by molar-refractivity contribution is 5.97. The Morgan fingerprint density at radius 3 is 2.00 bits per heavy atom. The third-order valence-corrected chi connectivity index (χ3v) is 1.80. The van der Waals surface area contributed by atoms with Gasteiger partial charge in [-0.1, -0.05) is 27.2 Å². The predicted molar refractivity (Wildman–Crippen MR) is 47.5 cm³/mol. The van der Waals surface area contributed by atoms with Gasteiger partial charge in [0, 0.05) is 12.8 Å². The summed E-state index contributed by atoms with van der Waals surface area (Å²) >= 11 is 0. The summed E-state index contributed by atoms with van der Waals surface area (Å²) < 4.78 is 0. The van der Waals surface area contributed by atoms with E-state index in [2.05, 4.69) is 5.32 Å². The van der Waals surface area contributed by atoms with E-state index in [0.717, 1.165) is 6.42 Å². The molecule has 70 valence electrons. The molecule has 0 saturated carbocycles. The van der Waals surface area contributed by atoms with Gasteiger partial charge in [-0.3, -0.25) is 14.9 Å². The van der Waals surface area contributed by atoms with Crippen molar-refractivity contribution in [2.75, 3.05) is 0 Å². The molecule has 1 N–H and O–H groups in total. The average Bonchev–Trinajstić information content (AvgIpc) is 2.06. The third-order valence-electron chi connectivity index (χ3n) is 1.80. The summed E-state index contributed by atoms with van der Waals surface area (Å²) in [5, 5.41) is 2.27. The Kier molecular flexibility index (Phi) is 5.34. The van der Waals surface area contributed by atoms with Crippen molar-refractivity contribution in [1.82, 2.24) is 5.32 Å². The van der Waals surface area contributed by atoms with E-state index in [4.69, 9.17) is 0 Å². The lowest BCUT2D eigenvalue weighted by Crippen LogP contribution is -2.38. The van der Waals surface area contributed by atoms with E-state index in [1.807, 2.05) is 20.8 Å². The maximum atomic E-state index is 10.7. The number of carbonyl (C=O) groups is 2. The predicted octanol–water partition coefficient (Wildman–Crippen LogP) is 1.48. The van der Waals surface area contributed by atoms with Gasteiger partial charge < -0.3 is 0 Å². The molecule has 1 saturated heterocycles. The highest BCUT2D eigenvalue weighted by Crippen LogP contribution is 2.16. The van der Waals surface area contributed by atoms with Gasteiger partial charge in [0.05, 0.1) is 0 Å². The van der Waals surface area contributed by atoms with E-state index in [1.165, 1.54) is 0 Å². The second kappa shape index (κ2) is 5.75. The minimum absolute atomic E-state index is 0.122. The Morgan fingerprint density at radius 2 is 1.67 bits per heavy atom. The second-order valence-electron chi connectivity index (χ2n) is 2.65. The normalized spacial score (nSPS) is 17.9. The van der Waals surface area contributed by atoms with E-state index in [9.17, 15) is 9.59 Å². The maximum Gasteiger partial charge on any atom is 0.226 e. The van der Waals surface area contributed by atoms with Crippen LogP contribution in [0.4, 0.5) is 0 Å². The molecule has 12 heavy (non-hydrogen) atoms. The second-order valence-corrected chi connectivity index (χ2v) is 2.65. The molecule has 0 radical (unpaired) electrons. The number of nitrogens with one attached hydrogen (secondary N) is 1. The SMILES string of the molecule is CC.CCC1CC(=O)NC(=O)C1. The molecular formula is C9H17NO2. The first kappa shape index (κ1) is 11.1. The molecule has 1 aliphatic heterocycles. The van der Waals surface area contributed by atoms with E-state index < -0.39 is 0 Å². The number of piperidine rings is 1. The Labute approximate surface area is 73.5 Å². The van der Waals surface area contributed by atoms with Crippen LogP contribution in [0.5, 0.6) is 0 Å². The zero-order valence-electron chi connectivity index (χ0n) is 8.02. The standard InChI is InChI=1S/C7H11NO2.C2H6/c1-2-5-3-6(9)8-7(10)4-5;1-2/h5H,2-4H2,1H3,(H,8,9,10);1-2H3. The van der Waals surface area contributed by atoms with Gasteiger partial charge in [0.15, 0.2) is 0 Å². The van der Waals surface area contributed by atoms with E-state index >= 15 is 0 Å². The molecule has 0 aromatic carbocycles. The summed E-state index contributed by atoms with van der Waals surface area (Å²) in [5.74, 6) is 0.0347. The quantitative estimate of drug-likeness (QED) is 0.607. The van der Waals surface area contributed by atoms with Crippen LogP contribution in [0.3, 0.4) is 0 Å². The van der Waals surface area contributed by atoms with Crippen molar-refractivity contribution in [2.24, 2.45) is 5.92 Å². The summed E-state index contributed by atoms with van der Waals surface area (Å²) in [6.07, 6.45) is 1.95. The van der Waals surface area contributed by atoms with Gasteiger partial charge in [-0.25, -0.2) is 0 Å². The first-order valence-electron chi connectivity index (χ1n) is 4.55. The van der Waals surface area contributed by atoms with Crippen LogP contribution in [0, 0.1) is 5.92 Å². The lowest BCUT2D eigenvalue weighted by Gasteiger charge is -2.18. The third kappa shape index (κ3) is 3.51. The van der Waals surface area contributed by atoms with E-state index in [0.29, 0.717) is 12.8 Å². The van der Waals surface area contributed by atoms with E-state index in [1.54, 1.807) is 0 Å². The van der Waals surface area contributed by atoms with Crippen molar-refractivity contribution in [3.63, 3.8) is 0 Å². The van der Waals surface area contributed by atoms with Crippen LogP contribution >= 0.6 is 0 Å².